The molecule has 2 fully saturated rings. The van der Waals surface area contributed by atoms with Gasteiger partial charge in [0.15, 0.2) is 0 Å². The molecular formula is C28H31N7O2. The minimum atomic E-state index is 0.0516. The molecule has 37 heavy (non-hydrogen) atoms. The number of pyridine rings is 1. The molecule has 6 rings (SSSR count). The third-order valence-corrected chi connectivity index (χ3v) is 7.15. The molecule has 0 radical (unpaired) electrons. The molecule has 2 aliphatic rings. The highest BCUT2D eigenvalue weighted by Gasteiger charge is 2.22. The summed E-state index contributed by atoms with van der Waals surface area (Å²) in [5.41, 5.74) is 4.03. The van der Waals surface area contributed by atoms with Crippen LogP contribution in [-0.2, 0) is 4.74 Å². The number of para-hydroxylation sites is 1. The van der Waals surface area contributed by atoms with E-state index in [1.54, 1.807) is 10.8 Å². The topological polar surface area (TPSA) is 79.6 Å². The molecule has 0 amide bonds. The Morgan fingerprint density at radius 3 is 2.54 bits per heavy atom. The molecule has 190 valence electrons. The fourth-order valence-electron chi connectivity index (χ4n) is 5.15. The van der Waals surface area contributed by atoms with E-state index in [-0.39, 0.29) is 5.91 Å². The molecule has 0 spiro atoms. The van der Waals surface area contributed by atoms with Crippen LogP contribution >= 0.6 is 0 Å². The van der Waals surface area contributed by atoms with Gasteiger partial charge in [0.1, 0.15) is 5.65 Å². The van der Waals surface area contributed by atoms with Crippen LogP contribution in [0.2, 0.25) is 0 Å². The Labute approximate surface area is 216 Å². The number of nitrogens with zero attached hydrogens (tertiary/aromatic N) is 7. The number of aromatic nitrogens is 4. The molecular weight excluding hydrogens is 466 g/mol. The smallest absolute Gasteiger partial charge is 0.246 e. The lowest BCUT2D eigenvalue weighted by Crippen LogP contribution is -2.48. The molecule has 1 aromatic carbocycles. The molecule has 0 unspecified atom stereocenters. The lowest BCUT2D eigenvalue weighted by Gasteiger charge is -2.36. The Kier molecular flexibility index (Phi) is 6.79. The first-order valence-electron chi connectivity index (χ1n) is 12.9. The standard InChI is InChI=1S/C28H31N7O2/c36-26(35-11-8-22-5-3-9-29-27(22)35)21-32-12-14-33(15-13-32)25-7-2-1-6-24(25)23-19-30-28(31-20-23)34-10-4-17-37-18-16-34/h1-3,5-9,11,19-20H,4,10,12-18,21H2. The molecule has 2 saturated heterocycles. The molecule has 0 N–H and O–H groups in total. The number of hydrogen-bond donors (Lipinski definition) is 0. The Balaban J connectivity index is 1.11. The molecule has 0 aliphatic carbocycles. The molecule has 2 aliphatic heterocycles. The second-order valence-corrected chi connectivity index (χ2v) is 9.50. The largest absolute Gasteiger partial charge is 0.380 e. The van der Waals surface area contributed by atoms with Gasteiger partial charge in [0.25, 0.3) is 0 Å². The highest BCUT2D eigenvalue weighted by Crippen LogP contribution is 2.31. The number of anilines is 2. The Morgan fingerprint density at radius 1 is 0.838 bits per heavy atom. The molecule has 3 aromatic heterocycles. The van der Waals surface area contributed by atoms with E-state index < -0.39 is 0 Å². The van der Waals surface area contributed by atoms with Gasteiger partial charge >= 0.3 is 0 Å². The number of piperazine rings is 1. The van der Waals surface area contributed by atoms with Crippen molar-refractivity contribution in [3.05, 3.63) is 67.3 Å². The summed E-state index contributed by atoms with van der Waals surface area (Å²) >= 11 is 0. The fraction of sp³-hybridized carbons (Fsp3) is 0.357. The maximum absolute atomic E-state index is 13.0. The molecule has 5 heterocycles. The van der Waals surface area contributed by atoms with E-state index in [0.717, 1.165) is 80.4 Å². The highest BCUT2D eigenvalue weighted by molar-refractivity contribution is 5.91. The fourth-order valence-corrected chi connectivity index (χ4v) is 5.15. The third-order valence-electron chi connectivity index (χ3n) is 7.15. The van der Waals surface area contributed by atoms with Gasteiger partial charge in [-0.1, -0.05) is 18.2 Å². The molecule has 9 heteroatoms. The van der Waals surface area contributed by atoms with E-state index in [1.807, 2.05) is 36.8 Å². The van der Waals surface area contributed by atoms with E-state index in [1.165, 1.54) is 5.69 Å². The summed E-state index contributed by atoms with van der Waals surface area (Å²) in [5.74, 6) is 0.812. The van der Waals surface area contributed by atoms with Crippen molar-refractivity contribution in [2.45, 2.75) is 6.42 Å². The van der Waals surface area contributed by atoms with Gasteiger partial charge in [-0.15, -0.1) is 0 Å². The van der Waals surface area contributed by atoms with Crippen molar-refractivity contribution in [3.63, 3.8) is 0 Å². The highest BCUT2D eigenvalue weighted by atomic mass is 16.5. The van der Waals surface area contributed by atoms with E-state index >= 15 is 0 Å². The predicted octanol–water partition coefficient (Wildman–Crippen LogP) is 3.18. The third kappa shape index (κ3) is 5.05. The monoisotopic (exact) mass is 497 g/mol. The van der Waals surface area contributed by atoms with Gasteiger partial charge < -0.3 is 14.5 Å². The summed E-state index contributed by atoms with van der Waals surface area (Å²) in [7, 11) is 0. The van der Waals surface area contributed by atoms with Crippen molar-refractivity contribution in [2.75, 3.05) is 68.8 Å². The van der Waals surface area contributed by atoms with Crippen LogP contribution in [-0.4, -0.2) is 89.4 Å². The second-order valence-electron chi connectivity index (χ2n) is 9.50. The number of ether oxygens (including phenoxy) is 1. The van der Waals surface area contributed by atoms with Crippen molar-refractivity contribution in [3.8, 4) is 11.1 Å². The first-order valence-corrected chi connectivity index (χ1v) is 12.9. The summed E-state index contributed by atoms with van der Waals surface area (Å²) in [4.78, 5) is 33.5. The average molecular weight is 498 g/mol. The second kappa shape index (κ2) is 10.7. The quantitative estimate of drug-likeness (QED) is 0.416. The van der Waals surface area contributed by atoms with Gasteiger partial charge in [-0.3, -0.25) is 14.3 Å². The van der Waals surface area contributed by atoms with E-state index in [0.29, 0.717) is 13.2 Å². The van der Waals surface area contributed by atoms with Crippen molar-refractivity contribution < 1.29 is 9.53 Å². The molecule has 0 bridgehead atoms. The van der Waals surface area contributed by atoms with Gasteiger partial charge in [0.2, 0.25) is 11.9 Å². The SMILES string of the molecule is O=C(CN1CCN(c2ccccc2-c2cnc(N3CCCOCC3)nc2)CC1)n1ccc2cccnc21. The summed E-state index contributed by atoms with van der Waals surface area (Å²) < 4.78 is 7.22. The Morgan fingerprint density at radius 2 is 1.68 bits per heavy atom. The maximum atomic E-state index is 13.0. The van der Waals surface area contributed by atoms with Crippen molar-refractivity contribution in [1.29, 1.82) is 0 Å². The number of hydrogen-bond acceptors (Lipinski definition) is 8. The first kappa shape index (κ1) is 23.6. The van der Waals surface area contributed by atoms with Crippen LogP contribution in [0.1, 0.15) is 11.2 Å². The molecule has 0 atom stereocenters. The van der Waals surface area contributed by atoms with Gasteiger partial charge in [-0.2, -0.15) is 0 Å². The van der Waals surface area contributed by atoms with Gasteiger partial charge in [-0.05, 0) is 30.7 Å². The Hall–Kier alpha value is -3.82. The minimum Gasteiger partial charge on any atom is -0.380 e. The Bertz CT molecular complexity index is 1350. The van der Waals surface area contributed by atoms with Crippen LogP contribution in [0.3, 0.4) is 0 Å². The van der Waals surface area contributed by atoms with Crippen LogP contribution in [0.25, 0.3) is 22.2 Å². The van der Waals surface area contributed by atoms with Crippen molar-refractivity contribution >= 4 is 28.6 Å². The summed E-state index contributed by atoms with van der Waals surface area (Å²) in [5, 5.41) is 0.981. The van der Waals surface area contributed by atoms with Gasteiger partial charge in [0, 0.05) is 92.9 Å². The van der Waals surface area contributed by atoms with E-state index in [4.69, 9.17) is 4.74 Å². The van der Waals surface area contributed by atoms with Crippen LogP contribution in [0, 0.1) is 0 Å². The van der Waals surface area contributed by atoms with Crippen molar-refractivity contribution in [1.82, 2.24) is 24.4 Å². The average Bonchev–Trinajstić information content (AvgIpc) is 3.20. The molecule has 0 saturated carbocycles. The zero-order valence-electron chi connectivity index (χ0n) is 20.9. The lowest BCUT2D eigenvalue weighted by molar-refractivity contribution is 0.0848. The first-order chi connectivity index (χ1) is 18.3. The van der Waals surface area contributed by atoms with Crippen LogP contribution in [0.15, 0.2) is 67.3 Å². The van der Waals surface area contributed by atoms with Crippen molar-refractivity contribution in [2.24, 2.45) is 0 Å². The van der Waals surface area contributed by atoms with E-state index in [2.05, 4.69) is 53.9 Å². The number of rotatable bonds is 5. The van der Waals surface area contributed by atoms with Crippen LogP contribution < -0.4 is 9.80 Å². The zero-order chi connectivity index (χ0) is 25.0. The van der Waals surface area contributed by atoms with Crippen LogP contribution in [0.5, 0.6) is 0 Å². The van der Waals surface area contributed by atoms with E-state index in [9.17, 15) is 4.79 Å². The number of carbonyl (C=O) groups excluding carboxylic acids is 1. The van der Waals surface area contributed by atoms with Gasteiger partial charge in [0.05, 0.1) is 13.2 Å². The normalized spacial score (nSPS) is 17.2. The summed E-state index contributed by atoms with van der Waals surface area (Å²) in [6.45, 7) is 6.96. The predicted molar refractivity (Wildman–Crippen MR) is 144 cm³/mol. The molecule has 9 nitrogen and oxygen atoms in total. The summed E-state index contributed by atoms with van der Waals surface area (Å²) in [6, 6.07) is 14.2. The number of fused-ring (bicyclic) bond motifs is 1. The number of carbonyl (C=O) groups is 1. The molecule has 4 aromatic rings. The number of benzene rings is 1. The van der Waals surface area contributed by atoms with Crippen LogP contribution in [0.4, 0.5) is 11.6 Å². The maximum Gasteiger partial charge on any atom is 0.246 e. The zero-order valence-corrected chi connectivity index (χ0v) is 20.9. The van der Waals surface area contributed by atoms with Gasteiger partial charge in [-0.25, -0.2) is 15.0 Å². The lowest BCUT2D eigenvalue weighted by atomic mass is 10.1. The minimum absolute atomic E-state index is 0.0516. The summed E-state index contributed by atoms with van der Waals surface area (Å²) in [6.07, 6.45) is 8.39.